The molecule has 2 amide bonds. The summed E-state index contributed by atoms with van der Waals surface area (Å²) in [5.41, 5.74) is 1.47. The van der Waals surface area contributed by atoms with Gasteiger partial charge < -0.3 is 24.1 Å². The van der Waals surface area contributed by atoms with E-state index in [1.165, 1.54) is 11.3 Å². The fraction of sp³-hybridized carbons (Fsp3) is 0.400. The summed E-state index contributed by atoms with van der Waals surface area (Å²) in [5, 5.41) is 2.88. The summed E-state index contributed by atoms with van der Waals surface area (Å²) >= 11 is 3.47. The highest BCUT2D eigenvalue weighted by Crippen LogP contribution is 2.34. The number of amides is 2. The van der Waals surface area contributed by atoms with Crippen LogP contribution in [-0.4, -0.2) is 66.8 Å². The van der Waals surface area contributed by atoms with Gasteiger partial charge in [-0.2, -0.15) is 4.99 Å². The Kier molecular flexibility index (Phi) is 11.1. The molecule has 38 heavy (non-hydrogen) atoms. The Hall–Kier alpha value is -3.00. The van der Waals surface area contributed by atoms with Crippen LogP contribution in [0.5, 0.6) is 0 Å². The second-order valence-electron chi connectivity index (χ2n) is 7.74. The standard InChI is InChI=1S/C25H29N3O7S3/c1-5-34-23(31)20-15(3)21(24(32)35-6-2)38-22(20)26-18(29)13-36-14-19(30)27-25-28(11-12-33-4)16-9-7-8-10-17(16)37-25/h7-10H,5-6,11-14H2,1-4H3,(H,26,29). The van der Waals surface area contributed by atoms with Gasteiger partial charge in [0.25, 0.3) is 5.91 Å². The normalized spacial score (nSPS) is 11.5. The second kappa shape index (κ2) is 14.2. The Labute approximate surface area is 232 Å². The zero-order valence-electron chi connectivity index (χ0n) is 21.5. The van der Waals surface area contributed by atoms with Gasteiger partial charge in [-0.25, -0.2) is 9.59 Å². The number of fused-ring (bicyclic) bond motifs is 1. The number of hydrogen-bond acceptors (Lipinski definition) is 10. The number of methoxy groups -OCH3 is 1. The first-order chi connectivity index (χ1) is 18.3. The largest absolute Gasteiger partial charge is 0.462 e. The summed E-state index contributed by atoms with van der Waals surface area (Å²) in [4.78, 5) is 55.1. The summed E-state index contributed by atoms with van der Waals surface area (Å²) in [6.45, 7) is 6.30. The molecule has 0 saturated carbocycles. The highest BCUT2D eigenvalue weighted by Gasteiger charge is 2.27. The van der Waals surface area contributed by atoms with E-state index in [2.05, 4.69) is 10.3 Å². The maximum atomic E-state index is 12.6. The molecule has 0 fully saturated rings. The molecule has 10 nitrogen and oxygen atoms in total. The molecule has 0 aliphatic heterocycles. The van der Waals surface area contributed by atoms with Crippen LogP contribution in [-0.2, 0) is 30.3 Å². The van der Waals surface area contributed by atoms with Gasteiger partial charge in [0.2, 0.25) is 5.91 Å². The number of hydrogen-bond donors (Lipinski definition) is 1. The number of thiophene rings is 1. The van der Waals surface area contributed by atoms with Crippen molar-refractivity contribution in [3.05, 3.63) is 45.1 Å². The van der Waals surface area contributed by atoms with Gasteiger partial charge in [-0.15, -0.1) is 23.1 Å². The number of aromatic nitrogens is 1. The molecule has 1 N–H and O–H groups in total. The fourth-order valence-corrected chi connectivity index (χ4v) is 6.26. The molecule has 3 rings (SSSR count). The zero-order valence-corrected chi connectivity index (χ0v) is 24.0. The number of carbonyl (C=O) groups is 4. The first-order valence-corrected chi connectivity index (χ1v) is 14.6. The molecule has 0 bridgehead atoms. The van der Waals surface area contributed by atoms with Gasteiger partial charge in [0, 0.05) is 13.7 Å². The average molecular weight is 580 g/mol. The maximum Gasteiger partial charge on any atom is 0.348 e. The highest BCUT2D eigenvalue weighted by molar-refractivity contribution is 8.00. The Balaban J connectivity index is 1.68. The van der Waals surface area contributed by atoms with Crippen molar-refractivity contribution in [2.45, 2.75) is 27.3 Å². The van der Waals surface area contributed by atoms with Crippen LogP contribution in [0.1, 0.15) is 39.4 Å². The van der Waals surface area contributed by atoms with Crippen LogP contribution in [0, 0.1) is 6.92 Å². The van der Waals surface area contributed by atoms with Crippen LogP contribution in [0.15, 0.2) is 29.3 Å². The lowest BCUT2D eigenvalue weighted by Gasteiger charge is -2.07. The molecular formula is C25H29N3O7S3. The van der Waals surface area contributed by atoms with Gasteiger partial charge in [-0.05, 0) is 38.5 Å². The summed E-state index contributed by atoms with van der Waals surface area (Å²) in [6, 6.07) is 7.79. The molecule has 0 atom stereocenters. The molecule has 204 valence electrons. The Morgan fingerprint density at radius 3 is 2.45 bits per heavy atom. The van der Waals surface area contributed by atoms with E-state index in [1.807, 2.05) is 28.8 Å². The van der Waals surface area contributed by atoms with Crippen molar-refractivity contribution in [1.29, 1.82) is 0 Å². The zero-order chi connectivity index (χ0) is 27.7. The molecule has 0 spiro atoms. The predicted octanol–water partition coefficient (Wildman–Crippen LogP) is 3.87. The number of nitrogens with one attached hydrogen (secondary N) is 1. The molecule has 2 heterocycles. The van der Waals surface area contributed by atoms with Crippen molar-refractivity contribution in [2.75, 3.05) is 43.8 Å². The number of rotatable bonds is 12. The summed E-state index contributed by atoms with van der Waals surface area (Å²) < 4.78 is 18.3. The quantitative estimate of drug-likeness (QED) is 0.321. The number of benzene rings is 1. The van der Waals surface area contributed by atoms with Crippen molar-refractivity contribution < 1.29 is 33.4 Å². The third kappa shape index (κ3) is 7.31. The number of carbonyl (C=O) groups excluding carboxylic acids is 4. The highest BCUT2D eigenvalue weighted by atomic mass is 32.2. The van der Waals surface area contributed by atoms with Gasteiger partial charge in [0.05, 0.1) is 47.1 Å². The van der Waals surface area contributed by atoms with Gasteiger partial charge in [-0.3, -0.25) is 9.59 Å². The van der Waals surface area contributed by atoms with Crippen LogP contribution in [0.3, 0.4) is 0 Å². The Bertz CT molecular complexity index is 1390. The van der Waals surface area contributed by atoms with Crippen LogP contribution < -0.4 is 10.1 Å². The Morgan fingerprint density at radius 1 is 1.03 bits per heavy atom. The van der Waals surface area contributed by atoms with E-state index in [-0.39, 0.29) is 46.1 Å². The summed E-state index contributed by atoms with van der Waals surface area (Å²) in [6.07, 6.45) is 0. The molecule has 0 saturated heterocycles. The number of anilines is 1. The van der Waals surface area contributed by atoms with Gasteiger partial charge in [0.1, 0.15) is 9.88 Å². The van der Waals surface area contributed by atoms with Gasteiger partial charge in [-0.1, -0.05) is 23.5 Å². The number of thiazole rings is 1. The molecule has 0 aliphatic rings. The SMILES string of the molecule is CCOC(=O)c1sc(NC(=O)CSCC(=O)N=c2sc3ccccc3n2CCOC)c(C(=O)OCC)c1C. The molecule has 3 aromatic rings. The lowest BCUT2D eigenvalue weighted by atomic mass is 10.1. The van der Waals surface area contributed by atoms with E-state index in [1.54, 1.807) is 27.9 Å². The molecule has 2 aromatic heterocycles. The van der Waals surface area contributed by atoms with Gasteiger partial charge >= 0.3 is 11.9 Å². The van der Waals surface area contributed by atoms with E-state index >= 15 is 0 Å². The van der Waals surface area contributed by atoms with Crippen molar-refractivity contribution >= 4 is 73.4 Å². The smallest absolute Gasteiger partial charge is 0.348 e. The number of para-hydroxylation sites is 1. The van der Waals surface area contributed by atoms with E-state index in [9.17, 15) is 19.2 Å². The third-order valence-corrected chi connectivity index (χ3v) is 8.29. The van der Waals surface area contributed by atoms with Crippen LogP contribution in [0.4, 0.5) is 5.00 Å². The van der Waals surface area contributed by atoms with Crippen molar-refractivity contribution in [3.8, 4) is 0 Å². The van der Waals surface area contributed by atoms with Crippen LogP contribution in [0.25, 0.3) is 10.2 Å². The second-order valence-corrected chi connectivity index (χ2v) is 10.8. The lowest BCUT2D eigenvalue weighted by Crippen LogP contribution is -2.20. The van der Waals surface area contributed by atoms with E-state index < -0.39 is 17.8 Å². The summed E-state index contributed by atoms with van der Waals surface area (Å²) in [7, 11) is 1.61. The van der Waals surface area contributed by atoms with E-state index in [0.29, 0.717) is 23.5 Å². The lowest BCUT2D eigenvalue weighted by molar-refractivity contribution is -0.115. The monoisotopic (exact) mass is 579 g/mol. The molecule has 13 heteroatoms. The number of ether oxygens (including phenoxy) is 3. The minimum Gasteiger partial charge on any atom is -0.462 e. The molecule has 0 aliphatic carbocycles. The number of thioether (sulfide) groups is 1. The van der Waals surface area contributed by atoms with Gasteiger partial charge in [0.15, 0.2) is 4.80 Å². The van der Waals surface area contributed by atoms with Crippen molar-refractivity contribution in [3.63, 3.8) is 0 Å². The van der Waals surface area contributed by atoms with E-state index in [4.69, 9.17) is 14.2 Å². The predicted molar refractivity (Wildman–Crippen MR) is 149 cm³/mol. The minimum atomic E-state index is -0.640. The molecular weight excluding hydrogens is 550 g/mol. The third-order valence-electron chi connectivity index (χ3n) is 5.13. The first-order valence-electron chi connectivity index (χ1n) is 11.8. The molecule has 1 aromatic carbocycles. The van der Waals surface area contributed by atoms with E-state index in [0.717, 1.165) is 33.3 Å². The van der Waals surface area contributed by atoms with Crippen molar-refractivity contribution in [1.82, 2.24) is 4.57 Å². The number of nitrogens with zero attached hydrogens (tertiary/aromatic N) is 2. The van der Waals surface area contributed by atoms with Crippen molar-refractivity contribution in [2.24, 2.45) is 4.99 Å². The molecule has 0 unspecified atom stereocenters. The average Bonchev–Trinajstić information content (AvgIpc) is 3.39. The molecule has 0 radical (unpaired) electrons. The summed E-state index contributed by atoms with van der Waals surface area (Å²) in [5.74, 6) is -2.07. The fourth-order valence-electron chi connectivity index (χ4n) is 3.48. The first kappa shape index (κ1) is 29.6. The topological polar surface area (TPSA) is 125 Å². The van der Waals surface area contributed by atoms with Crippen LogP contribution in [0.2, 0.25) is 0 Å². The Morgan fingerprint density at radius 2 is 1.74 bits per heavy atom. The minimum absolute atomic E-state index is 0.00573. The van der Waals surface area contributed by atoms with Crippen LogP contribution >= 0.6 is 34.4 Å². The number of esters is 2. The maximum absolute atomic E-state index is 12.6.